The molecule has 1 atom stereocenters. The lowest BCUT2D eigenvalue weighted by Gasteiger charge is -2.13. The van der Waals surface area contributed by atoms with Gasteiger partial charge in [0.25, 0.3) is 6.47 Å². The fourth-order valence-corrected chi connectivity index (χ4v) is 2.25. The van der Waals surface area contributed by atoms with Crippen LogP contribution in [-0.2, 0) is 19.4 Å². The van der Waals surface area contributed by atoms with E-state index in [0.717, 1.165) is 18.2 Å². The average molecular weight is 220 g/mol. The third-order valence-electron chi connectivity index (χ3n) is 1.82. The van der Waals surface area contributed by atoms with Crippen molar-refractivity contribution in [1.29, 1.82) is 0 Å². The second-order valence-electron chi connectivity index (χ2n) is 3.08. The first-order valence-electron chi connectivity index (χ1n) is 4.46. The maximum Gasteiger partial charge on any atom is 0.293 e. The molecule has 0 rings (SSSR count). The van der Waals surface area contributed by atoms with Gasteiger partial charge >= 0.3 is 0 Å². The number of ether oxygens (including phenoxy) is 1. The van der Waals surface area contributed by atoms with Gasteiger partial charge in [0.2, 0.25) is 0 Å². The first kappa shape index (κ1) is 13.2. The molecule has 0 saturated carbocycles. The molecule has 0 heterocycles. The Hall–Kier alpha value is -0.840. The van der Waals surface area contributed by atoms with E-state index in [1.54, 1.807) is 0 Å². The summed E-state index contributed by atoms with van der Waals surface area (Å²) < 4.78 is 26.9. The van der Waals surface area contributed by atoms with Crippen LogP contribution in [-0.4, -0.2) is 27.2 Å². The van der Waals surface area contributed by atoms with E-state index in [9.17, 15) is 13.2 Å². The Morgan fingerprint density at radius 3 is 2.57 bits per heavy atom. The standard InChI is InChI=1S/C9H16O4S/c1-3-5-9(6-13-8-10)7-14(11,12)4-2/h4,8-9H,2-3,5-7H2,1H3. The summed E-state index contributed by atoms with van der Waals surface area (Å²) in [4.78, 5) is 9.96. The summed E-state index contributed by atoms with van der Waals surface area (Å²) in [5.74, 6) is -0.133. The van der Waals surface area contributed by atoms with E-state index in [-0.39, 0.29) is 18.3 Å². The van der Waals surface area contributed by atoms with E-state index < -0.39 is 9.84 Å². The summed E-state index contributed by atoms with van der Waals surface area (Å²) in [5.41, 5.74) is 0. The minimum atomic E-state index is -3.20. The molecule has 0 spiro atoms. The smallest absolute Gasteiger partial charge is 0.293 e. The molecule has 82 valence electrons. The van der Waals surface area contributed by atoms with Crippen molar-refractivity contribution in [2.24, 2.45) is 5.92 Å². The van der Waals surface area contributed by atoms with Crippen LogP contribution in [0.5, 0.6) is 0 Å². The van der Waals surface area contributed by atoms with Gasteiger partial charge in [-0.25, -0.2) is 8.42 Å². The molecule has 0 radical (unpaired) electrons. The zero-order valence-electron chi connectivity index (χ0n) is 8.31. The Labute approximate surface area is 84.9 Å². The van der Waals surface area contributed by atoms with Crippen LogP contribution in [0.15, 0.2) is 12.0 Å². The van der Waals surface area contributed by atoms with Crippen molar-refractivity contribution in [3.8, 4) is 0 Å². The molecule has 0 aromatic heterocycles. The third kappa shape index (κ3) is 5.75. The molecule has 0 aliphatic carbocycles. The largest absolute Gasteiger partial charge is 0.468 e. The first-order chi connectivity index (χ1) is 6.55. The molecule has 1 unspecified atom stereocenters. The van der Waals surface area contributed by atoms with Crippen molar-refractivity contribution < 1.29 is 17.9 Å². The van der Waals surface area contributed by atoms with E-state index in [1.807, 2.05) is 6.92 Å². The van der Waals surface area contributed by atoms with Crippen LogP contribution < -0.4 is 0 Å². The molecular weight excluding hydrogens is 204 g/mol. The van der Waals surface area contributed by atoms with Gasteiger partial charge < -0.3 is 4.74 Å². The lowest BCUT2D eigenvalue weighted by molar-refractivity contribution is -0.129. The molecule has 0 amide bonds. The van der Waals surface area contributed by atoms with Gasteiger partial charge in [0.15, 0.2) is 9.84 Å². The van der Waals surface area contributed by atoms with Crippen molar-refractivity contribution in [1.82, 2.24) is 0 Å². The highest BCUT2D eigenvalue weighted by Gasteiger charge is 2.16. The van der Waals surface area contributed by atoms with Gasteiger partial charge in [-0.3, -0.25) is 4.79 Å². The van der Waals surface area contributed by atoms with Gasteiger partial charge in [-0.1, -0.05) is 19.9 Å². The highest BCUT2D eigenvalue weighted by atomic mass is 32.2. The van der Waals surface area contributed by atoms with Gasteiger partial charge in [0.1, 0.15) is 0 Å². The number of carbonyl (C=O) groups is 1. The average Bonchev–Trinajstić information content (AvgIpc) is 2.14. The summed E-state index contributed by atoms with van der Waals surface area (Å²) in [7, 11) is -3.20. The van der Waals surface area contributed by atoms with Gasteiger partial charge in [0.05, 0.1) is 12.4 Å². The summed E-state index contributed by atoms with van der Waals surface area (Å²) in [6, 6.07) is 0. The van der Waals surface area contributed by atoms with E-state index in [4.69, 9.17) is 0 Å². The highest BCUT2D eigenvalue weighted by Crippen LogP contribution is 2.10. The maximum atomic E-state index is 11.2. The first-order valence-corrected chi connectivity index (χ1v) is 6.17. The van der Waals surface area contributed by atoms with Crippen molar-refractivity contribution in [3.05, 3.63) is 12.0 Å². The molecule has 5 heteroatoms. The van der Waals surface area contributed by atoms with Crippen LogP contribution in [0, 0.1) is 5.92 Å². The Bertz CT molecular complexity index is 269. The molecule has 0 aromatic rings. The Balaban J connectivity index is 4.21. The predicted octanol–water partition coefficient (Wildman–Crippen LogP) is 1.13. The lowest BCUT2D eigenvalue weighted by Crippen LogP contribution is -2.19. The minimum Gasteiger partial charge on any atom is -0.468 e. The summed E-state index contributed by atoms with van der Waals surface area (Å²) in [5, 5.41) is 0.941. The number of hydrogen-bond acceptors (Lipinski definition) is 4. The van der Waals surface area contributed by atoms with Crippen molar-refractivity contribution in [2.75, 3.05) is 12.4 Å². The van der Waals surface area contributed by atoms with Gasteiger partial charge in [-0.05, 0) is 6.42 Å². The number of rotatable bonds is 8. The molecule has 0 bridgehead atoms. The molecule has 0 aliphatic heterocycles. The fraction of sp³-hybridized carbons (Fsp3) is 0.667. The Morgan fingerprint density at radius 1 is 1.50 bits per heavy atom. The van der Waals surface area contributed by atoms with E-state index >= 15 is 0 Å². The monoisotopic (exact) mass is 220 g/mol. The third-order valence-corrected chi connectivity index (χ3v) is 3.26. The lowest BCUT2D eigenvalue weighted by atomic mass is 10.1. The van der Waals surface area contributed by atoms with Crippen LogP contribution in [0.3, 0.4) is 0 Å². The van der Waals surface area contributed by atoms with Crippen molar-refractivity contribution in [2.45, 2.75) is 19.8 Å². The van der Waals surface area contributed by atoms with Gasteiger partial charge in [-0.15, -0.1) is 0 Å². The maximum absolute atomic E-state index is 11.2. The molecule has 0 fully saturated rings. The SMILES string of the molecule is C=CS(=O)(=O)CC(CCC)COC=O. The van der Waals surface area contributed by atoms with Crippen LogP contribution in [0.2, 0.25) is 0 Å². The normalized spacial score (nSPS) is 13.2. The molecule has 0 aromatic carbocycles. The summed E-state index contributed by atoms with van der Waals surface area (Å²) >= 11 is 0. The molecular formula is C9H16O4S. The zero-order valence-corrected chi connectivity index (χ0v) is 9.13. The van der Waals surface area contributed by atoms with Crippen LogP contribution in [0.25, 0.3) is 0 Å². The van der Waals surface area contributed by atoms with Gasteiger partial charge in [-0.2, -0.15) is 0 Å². The summed E-state index contributed by atoms with van der Waals surface area (Å²) in [6.07, 6.45) is 1.58. The van der Waals surface area contributed by atoms with Crippen molar-refractivity contribution in [3.63, 3.8) is 0 Å². The second kappa shape index (κ2) is 6.59. The zero-order chi connectivity index (χ0) is 11.0. The Kier molecular flexibility index (Phi) is 6.19. The molecule has 4 nitrogen and oxygen atoms in total. The molecule has 14 heavy (non-hydrogen) atoms. The van der Waals surface area contributed by atoms with E-state index in [0.29, 0.717) is 6.47 Å². The molecule has 0 aliphatic rings. The topological polar surface area (TPSA) is 60.4 Å². The number of carbonyl (C=O) groups excluding carboxylic acids is 1. The summed E-state index contributed by atoms with van der Waals surface area (Å²) in [6.45, 7) is 5.67. The number of hydrogen-bond donors (Lipinski definition) is 0. The van der Waals surface area contributed by atoms with Gasteiger partial charge in [0, 0.05) is 11.3 Å². The second-order valence-corrected chi connectivity index (χ2v) is 5.07. The number of sulfone groups is 1. The minimum absolute atomic E-state index is 0.00181. The molecule has 0 N–H and O–H groups in total. The predicted molar refractivity (Wildman–Crippen MR) is 54.4 cm³/mol. The highest BCUT2D eigenvalue weighted by molar-refractivity contribution is 7.94. The quantitative estimate of drug-likeness (QED) is 0.575. The van der Waals surface area contributed by atoms with E-state index in [1.165, 1.54) is 0 Å². The fourth-order valence-electron chi connectivity index (χ4n) is 1.19. The van der Waals surface area contributed by atoms with Crippen molar-refractivity contribution >= 4 is 16.3 Å². The van der Waals surface area contributed by atoms with Crippen LogP contribution >= 0.6 is 0 Å². The van der Waals surface area contributed by atoms with Crippen LogP contribution in [0.4, 0.5) is 0 Å². The van der Waals surface area contributed by atoms with Crippen LogP contribution in [0.1, 0.15) is 19.8 Å². The molecule has 0 saturated heterocycles. The Morgan fingerprint density at radius 2 is 2.14 bits per heavy atom. The van der Waals surface area contributed by atoms with E-state index in [2.05, 4.69) is 11.3 Å².